The third-order valence-corrected chi connectivity index (χ3v) is 9.00. The van der Waals surface area contributed by atoms with Gasteiger partial charge in [0.2, 0.25) is 5.78 Å². The van der Waals surface area contributed by atoms with Crippen molar-refractivity contribution in [3.05, 3.63) is 45.7 Å². The summed E-state index contributed by atoms with van der Waals surface area (Å²) in [6, 6.07) is 2.51. The number of aliphatic hydroxyl groups excluding tert-OH is 2. The number of phenols is 1. The number of piperidine rings is 1. The first kappa shape index (κ1) is 27.3. The number of phenolic OH excluding ortho intramolecular Hbond substituents is 1. The van der Waals surface area contributed by atoms with Gasteiger partial charge in [-0.3, -0.25) is 19.3 Å². The number of likely N-dealkylation sites (tertiary alicyclic amines) is 1. The number of aliphatic hydroxyl groups is 3. The molecule has 11 nitrogen and oxygen atoms in total. The minimum absolute atomic E-state index is 0.0727. The predicted molar refractivity (Wildman–Crippen MR) is 142 cm³/mol. The minimum Gasteiger partial charge on any atom is -0.508 e. The highest BCUT2D eigenvalue weighted by Gasteiger charge is 2.64. The van der Waals surface area contributed by atoms with Crippen LogP contribution in [0, 0.1) is 11.8 Å². The van der Waals surface area contributed by atoms with Crippen LogP contribution in [0.25, 0.3) is 5.76 Å². The molecule has 0 bridgehead atoms. The molecule has 11 heteroatoms. The molecule has 0 unspecified atom stereocenters. The number of benzene rings is 1. The maximum atomic E-state index is 13.9. The fraction of sp³-hybridized carbons (Fsp3) is 0.536. The van der Waals surface area contributed by atoms with Crippen molar-refractivity contribution in [2.24, 2.45) is 17.6 Å². The second-order valence-electron chi connectivity index (χ2n) is 11.5. The molecule has 0 aromatic heterocycles. The van der Waals surface area contributed by atoms with E-state index < -0.39 is 58.0 Å². The Morgan fingerprint density at radius 2 is 1.85 bits per heavy atom. The van der Waals surface area contributed by atoms with E-state index in [-0.39, 0.29) is 29.7 Å². The van der Waals surface area contributed by atoms with Gasteiger partial charge in [0.15, 0.2) is 11.4 Å². The molecular weight excluding hydrogens is 504 g/mol. The number of likely N-dealkylation sites (N-methyl/N-ethyl adjacent to an activating group) is 1. The van der Waals surface area contributed by atoms with Crippen molar-refractivity contribution < 1.29 is 34.8 Å². The Morgan fingerprint density at radius 3 is 2.46 bits per heavy atom. The predicted octanol–water partition coefficient (Wildman–Crippen LogP) is 0.148. The Balaban J connectivity index is 1.57. The van der Waals surface area contributed by atoms with Crippen molar-refractivity contribution in [3.8, 4) is 5.75 Å². The smallest absolute Gasteiger partial charge is 0.255 e. The number of hydrogen-bond acceptors (Lipinski definition) is 10. The van der Waals surface area contributed by atoms with Gasteiger partial charge in [0, 0.05) is 24.1 Å². The molecule has 1 aliphatic heterocycles. The number of primary amides is 1. The van der Waals surface area contributed by atoms with E-state index in [1.807, 2.05) is 0 Å². The molecule has 1 heterocycles. The number of ketones is 2. The van der Waals surface area contributed by atoms with Gasteiger partial charge in [-0.15, -0.1) is 0 Å². The molecule has 3 aliphatic carbocycles. The summed E-state index contributed by atoms with van der Waals surface area (Å²) < 4.78 is 0. The molecule has 210 valence electrons. The summed E-state index contributed by atoms with van der Waals surface area (Å²) in [6.07, 6.45) is 2.37. The summed E-state index contributed by atoms with van der Waals surface area (Å²) in [4.78, 5) is 43.0. The first-order chi connectivity index (χ1) is 18.4. The lowest BCUT2D eigenvalue weighted by Gasteiger charge is -2.50. The van der Waals surface area contributed by atoms with Crippen molar-refractivity contribution in [2.45, 2.75) is 49.9 Å². The van der Waals surface area contributed by atoms with Crippen LogP contribution in [0.2, 0.25) is 0 Å². The van der Waals surface area contributed by atoms with E-state index >= 15 is 0 Å². The molecule has 4 atom stereocenters. The second kappa shape index (κ2) is 9.74. The highest BCUT2D eigenvalue weighted by atomic mass is 16.3. The quantitative estimate of drug-likeness (QED) is 0.282. The normalized spacial score (nSPS) is 29.9. The highest BCUT2D eigenvalue weighted by Crippen LogP contribution is 2.52. The Morgan fingerprint density at radius 1 is 1.18 bits per heavy atom. The number of rotatable bonds is 5. The van der Waals surface area contributed by atoms with Gasteiger partial charge in [0.1, 0.15) is 22.8 Å². The van der Waals surface area contributed by atoms with Gasteiger partial charge >= 0.3 is 0 Å². The first-order valence-corrected chi connectivity index (χ1v) is 13.3. The van der Waals surface area contributed by atoms with Crippen LogP contribution in [-0.2, 0) is 27.3 Å². The van der Waals surface area contributed by atoms with Crippen molar-refractivity contribution in [2.75, 3.05) is 34.2 Å². The summed E-state index contributed by atoms with van der Waals surface area (Å²) in [5.41, 5.74) is 3.47. The molecule has 2 fully saturated rings. The molecule has 39 heavy (non-hydrogen) atoms. The molecule has 0 radical (unpaired) electrons. The van der Waals surface area contributed by atoms with E-state index in [2.05, 4.69) is 17.3 Å². The number of hydrogen-bond donors (Lipinski definition) is 6. The van der Waals surface area contributed by atoms with E-state index in [9.17, 15) is 34.8 Å². The van der Waals surface area contributed by atoms with Crippen LogP contribution in [0.4, 0.5) is 0 Å². The third kappa shape index (κ3) is 4.15. The molecule has 7 N–H and O–H groups in total. The van der Waals surface area contributed by atoms with E-state index in [1.54, 1.807) is 20.2 Å². The Hall–Kier alpha value is -3.25. The van der Waals surface area contributed by atoms with Crippen LogP contribution in [0.5, 0.6) is 5.75 Å². The van der Waals surface area contributed by atoms with E-state index in [4.69, 9.17) is 5.73 Å². The minimum atomic E-state index is -2.63. The average molecular weight is 541 g/mol. The Bertz CT molecular complexity index is 1310. The number of nitrogens with zero attached hydrogens (tertiary/aromatic N) is 2. The van der Waals surface area contributed by atoms with Gasteiger partial charge in [-0.1, -0.05) is 6.07 Å². The molecule has 1 saturated carbocycles. The molecule has 4 aliphatic rings. The largest absolute Gasteiger partial charge is 0.508 e. The Kier molecular flexibility index (Phi) is 6.82. The van der Waals surface area contributed by atoms with Crippen LogP contribution < -0.4 is 11.1 Å². The number of carbonyl (C=O) groups is 3. The van der Waals surface area contributed by atoms with Crippen molar-refractivity contribution in [3.63, 3.8) is 0 Å². The number of nitrogens with two attached hydrogens (primary N) is 1. The van der Waals surface area contributed by atoms with Gasteiger partial charge in [-0.25, -0.2) is 0 Å². The maximum absolute atomic E-state index is 13.9. The number of nitrogens with one attached hydrogen (secondary N) is 1. The Labute approximate surface area is 226 Å². The molecule has 1 aromatic rings. The number of fused-ring (bicyclic) bond motifs is 3. The van der Waals surface area contributed by atoms with Gasteiger partial charge in [0.25, 0.3) is 5.91 Å². The fourth-order valence-electron chi connectivity index (χ4n) is 6.94. The number of amides is 1. The average Bonchev–Trinajstić information content (AvgIpc) is 2.86. The third-order valence-electron chi connectivity index (χ3n) is 9.00. The standard InChI is InChI=1S/C28H36N4O7/c1-31(2)22-17-11-14-10-16-13(12-30-15-6-8-32(3)9-7-15)4-5-18(33)20(16)23(34)19(14)25(36)28(17,39)26(37)21(24(22)35)27(29)38/h4-5,14-15,17,22,30,33-34,37,39H,6-12H2,1-3H3,(H2,29,38)/t14-,17-,22+,28+/m1/s1. The topological polar surface area (TPSA) is 177 Å². The molecule has 1 aromatic carbocycles. The number of carbonyl (C=O) groups excluding carboxylic acids is 3. The lowest BCUT2D eigenvalue weighted by atomic mass is 9.57. The SMILES string of the molecule is CN1CCC(NCc2ccc(O)c3c2C[C@@H]2C[C@@H]4[C@H](N(C)C)C(=O)C(C(N)=O)=C(O)[C@@]4(O)C(=O)C2=C3O)CC1. The van der Waals surface area contributed by atoms with Gasteiger partial charge in [0.05, 0.1) is 11.6 Å². The summed E-state index contributed by atoms with van der Waals surface area (Å²) >= 11 is 0. The van der Waals surface area contributed by atoms with E-state index in [0.717, 1.165) is 31.5 Å². The van der Waals surface area contributed by atoms with Gasteiger partial charge < -0.3 is 36.4 Å². The molecule has 1 saturated heterocycles. The monoisotopic (exact) mass is 540 g/mol. The summed E-state index contributed by atoms with van der Waals surface area (Å²) in [6.45, 7) is 2.51. The van der Waals surface area contributed by atoms with Crippen molar-refractivity contribution in [1.82, 2.24) is 15.1 Å². The molecule has 1 amide bonds. The van der Waals surface area contributed by atoms with Crippen LogP contribution in [0.3, 0.4) is 0 Å². The maximum Gasteiger partial charge on any atom is 0.255 e. The van der Waals surface area contributed by atoms with Crippen molar-refractivity contribution in [1.29, 1.82) is 0 Å². The summed E-state index contributed by atoms with van der Waals surface area (Å²) in [7, 11) is 5.26. The molecule has 5 rings (SSSR count). The lowest BCUT2D eigenvalue weighted by Crippen LogP contribution is -2.65. The van der Waals surface area contributed by atoms with Gasteiger partial charge in [-0.2, -0.15) is 0 Å². The zero-order chi connectivity index (χ0) is 28.4. The van der Waals surface area contributed by atoms with E-state index in [1.165, 1.54) is 11.0 Å². The summed E-state index contributed by atoms with van der Waals surface area (Å²) in [5, 5.41) is 48.3. The van der Waals surface area contributed by atoms with Gasteiger partial charge in [-0.05, 0) is 83.0 Å². The van der Waals surface area contributed by atoms with Crippen LogP contribution >= 0.6 is 0 Å². The number of Topliss-reactive ketones (excluding diaryl/α,β-unsaturated/α-hetero) is 2. The van der Waals surface area contributed by atoms with E-state index in [0.29, 0.717) is 18.2 Å². The molecular formula is C28H36N4O7. The zero-order valence-corrected chi connectivity index (χ0v) is 22.4. The molecule has 0 spiro atoms. The fourth-order valence-corrected chi connectivity index (χ4v) is 6.94. The van der Waals surface area contributed by atoms with Crippen LogP contribution in [0.15, 0.2) is 29.0 Å². The first-order valence-electron chi connectivity index (χ1n) is 13.3. The van der Waals surface area contributed by atoms with Crippen molar-refractivity contribution >= 4 is 23.2 Å². The van der Waals surface area contributed by atoms with Crippen LogP contribution in [0.1, 0.15) is 36.0 Å². The summed E-state index contributed by atoms with van der Waals surface area (Å²) in [5.74, 6) is -6.45. The highest BCUT2D eigenvalue weighted by molar-refractivity contribution is 6.24. The van der Waals surface area contributed by atoms with Crippen LogP contribution in [-0.4, -0.2) is 99.6 Å². The second-order valence-corrected chi connectivity index (χ2v) is 11.5. The zero-order valence-electron chi connectivity index (χ0n) is 22.4. The lowest BCUT2D eigenvalue weighted by molar-refractivity contribution is -0.153. The number of aromatic hydroxyl groups is 1.